The van der Waals surface area contributed by atoms with Crippen LogP contribution in [0.5, 0.6) is 11.5 Å². The van der Waals surface area contributed by atoms with Gasteiger partial charge in [-0.1, -0.05) is 12.1 Å². The number of rotatable bonds is 7. The van der Waals surface area contributed by atoms with Crippen molar-refractivity contribution in [3.8, 4) is 11.5 Å². The van der Waals surface area contributed by atoms with Crippen LogP contribution in [0, 0.1) is 0 Å². The van der Waals surface area contributed by atoms with Crippen molar-refractivity contribution in [2.24, 2.45) is 0 Å². The Balaban J connectivity index is 2.82. The molecule has 1 aromatic carbocycles. The lowest BCUT2D eigenvalue weighted by molar-refractivity contribution is -0.139. The van der Waals surface area contributed by atoms with Gasteiger partial charge in [-0.3, -0.25) is 4.79 Å². The van der Waals surface area contributed by atoms with E-state index in [0.29, 0.717) is 22.7 Å². The highest BCUT2D eigenvalue weighted by atomic mass is 16.6. The predicted octanol–water partition coefficient (Wildman–Crippen LogP) is 2.98. The zero-order chi connectivity index (χ0) is 22.4. The summed E-state index contributed by atoms with van der Waals surface area (Å²) in [6, 6.07) is 5.00. The van der Waals surface area contributed by atoms with Gasteiger partial charge in [0.05, 0.1) is 37.4 Å². The van der Waals surface area contributed by atoms with Crippen molar-refractivity contribution in [1.82, 2.24) is 5.32 Å². The maximum Gasteiger partial charge on any atom is 0.336 e. The average Bonchev–Trinajstić information content (AvgIpc) is 2.67. The molecule has 0 atom stereocenters. The van der Waals surface area contributed by atoms with Crippen LogP contribution < -0.4 is 14.8 Å². The third-order valence-electron chi connectivity index (χ3n) is 4.54. The van der Waals surface area contributed by atoms with Gasteiger partial charge in [0.15, 0.2) is 11.5 Å². The average molecular weight is 417 g/mol. The number of hydrogen-bond acceptors (Lipinski definition) is 8. The van der Waals surface area contributed by atoms with Gasteiger partial charge < -0.3 is 24.3 Å². The predicted molar refractivity (Wildman–Crippen MR) is 109 cm³/mol. The normalized spacial score (nSPS) is 14.2. The second-order valence-electron chi connectivity index (χ2n) is 6.55. The van der Waals surface area contributed by atoms with E-state index < -0.39 is 23.8 Å². The molecule has 1 heterocycles. The summed E-state index contributed by atoms with van der Waals surface area (Å²) in [4.78, 5) is 37.5. The highest BCUT2D eigenvalue weighted by Gasteiger charge is 2.40. The van der Waals surface area contributed by atoms with Gasteiger partial charge in [-0.2, -0.15) is 0 Å². The minimum absolute atomic E-state index is 0.128. The van der Waals surface area contributed by atoms with Crippen molar-refractivity contribution in [1.29, 1.82) is 0 Å². The SMILES string of the molecule is CCOC(=O)C1=C(C)NC(C)=C(C(=O)OCC)C1c1cccc(OC)c1OC(C)=O. The molecular weight excluding hydrogens is 390 g/mol. The number of carbonyl (C=O) groups is 3. The van der Waals surface area contributed by atoms with Crippen molar-refractivity contribution >= 4 is 17.9 Å². The van der Waals surface area contributed by atoms with Crippen molar-refractivity contribution < 1.29 is 33.3 Å². The molecule has 0 spiro atoms. The molecule has 0 radical (unpaired) electrons. The summed E-state index contributed by atoms with van der Waals surface area (Å²) in [5.41, 5.74) is 1.93. The molecule has 30 heavy (non-hydrogen) atoms. The summed E-state index contributed by atoms with van der Waals surface area (Å²) in [6.45, 7) is 8.42. The van der Waals surface area contributed by atoms with Gasteiger partial charge in [0.25, 0.3) is 0 Å². The first kappa shape index (κ1) is 23.0. The van der Waals surface area contributed by atoms with Crippen LogP contribution in [0.4, 0.5) is 0 Å². The van der Waals surface area contributed by atoms with Gasteiger partial charge in [-0.25, -0.2) is 9.59 Å². The number of hydrogen-bond donors (Lipinski definition) is 1. The molecule has 1 aliphatic heterocycles. The quantitative estimate of drug-likeness (QED) is 0.534. The smallest absolute Gasteiger partial charge is 0.336 e. The highest BCUT2D eigenvalue weighted by Crippen LogP contribution is 2.45. The topological polar surface area (TPSA) is 100 Å². The zero-order valence-electron chi connectivity index (χ0n) is 18.1. The fourth-order valence-electron chi connectivity index (χ4n) is 3.44. The Morgan fingerprint density at radius 1 is 0.967 bits per heavy atom. The van der Waals surface area contributed by atoms with Gasteiger partial charge in [0.2, 0.25) is 0 Å². The third kappa shape index (κ3) is 4.64. The summed E-state index contributed by atoms with van der Waals surface area (Å²) < 4.78 is 21.3. The molecule has 8 heteroatoms. The van der Waals surface area contributed by atoms with Crippen LogP contribution in [0.1, 0.15) is 46.1 Å². The van der Waals surface area contributed by atoms with Crippen LogP contribution in [-0.4, -0.2) is 38.2 Å². The lowest BCUT2D eigenvalue weighted by Crippen LogP contribution is -2.33. The Kier molecular flexibility index (Phi) is 7.63. The molecule has 0 unspecified atom stereocenters. The number of esters is 3. The Morgan fingerprint density at radius 3 is 1.93 bits per heavy atom. The molecule has 0 fully saturated rings. The molecule has 0 aliphatic carbocycles. The molecule has 0 amide bonds. The van der Waals surface area contributed by atoms with E-state index in [1.807, 2.05) is 0 Å². The molecule has 1 N–H and O–H groups in total. The van der Waals surface area contributed by atoms with Crippen LogP contribution in [0.15, 0.2) is 40.7 Å². The Bertz CT molecular complexity index is 874. The molecule has 0 aromatic heterocycles. The monoisotopic (exact) mass is 417 g/mol. The number of benzene rings is 1. The van der Waals surface area contributed by atoms with E-state index in [0.717, 1.165) is 0 Å². The van der Waals surface area contributed by atoms with Gasteiger partial charge in [-0.05, 0) is 33.8 Å². The summed E-state index contributed by atoms with van der Waals surface area (Å²) in [6.07, 6.45) is 0. The first-order chi connectivity index (χ1) is 14.3. The number of nitrogens with one attached hydrogen (secondary N) is 1. The maximum absolute atomic E-state index is 12.9. The Morgan fingerprint density at radius 2 is 1.50 bits per heavy atom. The number of dihydropyridines is 1. The molecule has 2 rings (SSSR count). The van der Waals surface area contributed by atoms with E-state index >= 15 is 0 Å². The van der Waals surface area contributed by atoms with Gasteiger partial charge >= 0.3 is 17.9 Å². The largest absolute Gasteiger partial charge is 0.493 e. The van der Waals surface area contributed by atoms with E-state index in [4.69, 9.17) is 18.9 Å². The zero-order valence-corrected chi connectivity index (χ0v) is 18.1. The molecule has 1 aromatic rings. The van der Waals surface area contributed by atoms with Gasteiger partial charge in [0, 0.05) is 23.9 Å². The van der Waals surface area contributed by atoms with E-state index in [1.165, 1.54) is 14.0 Å². The lowest BCUT2D eigenvalue weighted by Gasteiger charge is -2.31. The molecular formula is C22H27NO7. The van der Waals surface area contributed by atoms with E-state index in [-0.39, 0.29) is 30.1 Å². The fraction of sp³-hybridized carbons (Fsp3) is 0.409. The Hall–Kier alpha value is -3.29. The second kappa shape index (κ2) is 9.96. The highest BCUT2D eigenvalue weighted by molar-refractivity contribution is 6.00. The molecule has 162 valence electrons. The van der Waals surface area contributed by atoms with Crippen molar-refractivity contribution in [3.05, 3.63) is 46.3 Å². The minimum atomic E-state index is -0.881. The molecule has 0 bridgehead atoms. The minimum Gasteiger partial charge on any atom is -0.493 e. The van der Waals surface area contributed by atoms with E-state index in [2.05, 4.69) is 5.32 Å². The first-order valence-corrected chi connectivity index (χ1v) is 9.64. The van der Waals surface area contributed by atoms with Gasteiger partial charge in [0.1, 0.15) is 0 Å². The van der Waals surface area contributed by atoms with E-state index in [1.54, 1.807) is 45.9 Å². The van der Waals surface area contributed by atoms with Crippen molar-refractivity contribution in [2.75, 3.05) is 20.3 Å². The second-order valence-corrected chi connectivity index (χ2v) is 6.55. The number of ether oxygens (including phenoxy) is 4. The number of carbonyl (C=O) groups excluding carboxylic acids is 3. The summed E-state index contributed by atoms with van der Waals surface area (Å²) in [7, 11) is 1.44. The molecule has 1 aliphatic rings. The lowest BCUT2D eigenvalue weighted by atomic mass is 9.80. The molecule has 0 saturated heterocycles. The Labute approximate surface area is 175 Å². The van der Waals surface area contributed by atoms with Crippen LogP contribution >= 0.6 is 0 Å². The van der Waals surface area contributed by atoms with Crippen molar-refractivity contribution in [3.63, 3.8) is 0 Å². The van der Waals surface area contributed by atoms with Crippen LogP contribution in [0.3, 0.4) is 0 Å². The van der Waals surface area contributed by atoms with E-state index in [9.17, 15) is 14.4 Å². The van der Waals surface area contributed by atoms with Crippen LogP contribution in [-0.2, 0) is 23.9 Å². The molecule has 8 nitrogen and oxygen atoms in total. The van der Waals surface area contributed by atoms with Gasteiger partial charge in [-0.15, -0.1) is 0 Å². The number of methoxy groups -OCH3 is 1. The number of allylic oxidation sites excluding steroid dienone is 2. The summed E-state index contributed by atoms with van der Waals surface area (Å²) >= 11 is 0. The number of para-hydroxylation sites is 1. The van der Waals surface area contributed by atoms with Crippen molar-refractivity contribution in [2.45, 2.75) is 40.5 Å². The first-order valence-electron chi connectivity index (χ1n) is 9.64. The third-order valence-corrected chi connectivity index (χ3v) is 4.54. The fourth-order valence-corrected chi connectivity index (χ4v) is 3.44. The molecule has 0 saturated carbocycles. The maximum atomic E-state index is 12.9. The summed E-state index contributed by atoms with van der Waals surface area (Å²) in [5, 5.41) is 3.07. The summed E-state index contributed by atoms with van der Waals surface area (Å²) in [5.74, 6) is -2.19. The van der Waals surface area contributed by atoms with Crippen LogP contribution in [0.2, 0.25) is 0 Å². The van der Waals surface area contributed by atoms with Crippen LogP contribution in [0.25, 0.3) is 0 Å². The standard InChI is InChI=1S/C22H27NO7/c1-7-28-21(25)17-12(3)23-13(4)18(22(26)29-8-2)19(17)15-10-9-11-16(27-6)20(15)30-14(5)24/h9-11,19,23H,7-8H2,1-6H3.